The van der Waals surface area contributed by atoms with Gasteiger partial charge < -0.3 is 4.90 Å². The number of para-hydroxylation sites is 1. The van der Waals surface area contributed by atoms with Crippen molar-refractivity contribution >= 4 is 29.0 Å². The Bertz CT molecular complexity index is 611. The van der Waals surface area contributed by atoms with Gasteiger partial charge in [0.15, 0.2) is 0 Å². The van der Waals surface area contributed by atoms with Crippen molar-refractivity contribution in [2.75, 3.05) is 11.9 Å². The molecule has 0 spiro atoms. The summed E-state index contributed by atoms with van der Waals surface area (Å²) in [5.74, 6) is -1.16. The molecule has 0 saturated heterocycles. The molecule has 1 amide bonds. The molecule has 3 nitrogen and oxygen atoms in total. The van der Waals surface area contributed by atoms with E-state index in [0.29, 0.717) is 16.3 Å². The summed E-state index contributed by atoms with van der Waals surface area (Å²) in [6, 6.07) is 15.3. The maximum atomic E-state index is 12.1. The van der Waals surface area contributed by atoms with E-state index in [1.54, 1.807) is 54.6 Å². The number of hydrogen-bond acceptors (Lipinski definition) is 2. The van der Waals surface area contributed by atoms with Gasteiger partial charge in [-0.3, -0.25) is 9.59 Å². The van der Waals surface area contributed by atoms with Gasteiger partial charge in [-0.1, -0.05) is 54.1 Å². The van der Waals surface area contributed by atoms with Gasteiger partial charge in [-0.2, -0.15) is 0 Å². The number of carbonyl (C=O) groups is 2. The molecule has 0 saturated carbocycles. The minimum Gasteiger partial charge on any atom is -0.307 e. The summed E-state index contributed by atoms with van der Waals surface area (Å²) in [4.78, 5) is 25.4. The lowest BCUT2D eigenvalue weighted by molar-refractivity contribution is -0.114. The second-order valence-corrected chi connectivity index (χ2v) is 4.42. The van der Waals surface area contributed by atoms with Gasteiger partial charge in [-0.05, 0) is 12.1 Å². The first-order valence-electron chi connectivity index (χ1n) is 5.73. The van der Waals surface area contributed by atoms with Crippen LogP contribution in [0.2, 0.25) is 5.02 Å². The number of amides is 1. The molecule has 19 heavy (non-hydrogen) atoms. The first-order chi connectivity index (χ1) is 9.11. The lowest BCUT2D eigenvalue weighted by atomic mass is 10.1. The number of benzene rings is 2. The lowest BCUT2D eigenvalue weighted by Crippen LogP contribution is -2.33. The summed E-state index contributed by atoms with van der Waals surface area (Å²) >= 11 is 6.01. The Morgan fingerprint density at radius 2 is 1.53 bits per heavy atom. The van der Waals surface area contributed by atoms with E-state index in [9.17, 15) is 9.59 Å². The standard InChI is InChI=1S/C15H12ClNO2/c1-17(13-10-6-5-9-12(13)16)15(19)14(18)11-7-3-2-4-8-11/h2-10H,1H3. The van der Waals surface area contributed by atoms with E-state index in [1.165, 1.54) is 11.9 Å². The molecule has 0 radical (unpaired) electrons. The summed E-state index contributed by atoms with van der Waals surface area (Å²) < 4.78 is 0. The Morgan fingerprint density at radius 3 is 2.16 bits per heavy atom. The van der Waals surface area contributed by atoms with Crippen molar-refractivity contribution in [1.82, 2.24) is 0 Å². The van der Waals surface area contributed by atoms with E-state index in [2.05, 4.69) is 0 Å². The highest BCUT2D eigenvalue weighted by Gasteiger charge is 2.22. The number of halogens is 1. The van der Waals surface area contributed by atoms with Crippen LogP contribution >= 0.6 is 11.6 Å². The zero-order valence-corrected chi connectivity index (χ0v) is 11.1. The highest BCUT2D eigenvalue weighted by molar-refractivity contribution is 6.47. The molecule has 2 aromatic rings. The second kappa shape index (κ2) is 5.67. The molecule has 0 fully saturated rings. The largest absolute Gasteiger partial charge is 0.307 e. The van der Waals surface area contributed by atoms with E-state index >= 15 is 0 Å². The molecule has 0 aliphatic heterocycles. The number of Topliss-reactive ketones (excluding diaryl/α,β-unsaturated/α-hetero) is 1. The monoisotopic (exact) mass is 273 g/mol. The summed E-state index contributed by atoms with van der Waals surface area (Å²) in [5, 5.41) is 0.430. The van der Waals surface area contributed by atoms with Crippen LogP contribution in [0.25, 0.3) is 0 Å². The van der Waals surface area contributed by atoms with Gasteiger partial charge in [-0.25, -0.2) is 0 Å². The quantitative estimate of drug-likeness (QED) is 0.636. The molecule has 0 N–H and O–H groups in total. The summed E-state index contributed by atoms with van der Waals surface area (Å²) in [5.41, 5.74) is 0.879. The molecule has 2 aromatic carbocycles. The predicted molar refractivity (Wildman–Crippen MR) is 75.6 cm³/mol. The lowest BCUT2D eigenvalue weighted by Gasteiger charge is -2.17. The Labute approximate surface area is 116 Å². The fourth-order valence-electron chi connectivity index (χ4n) is 1.70. The molecular weight excluding hydrogens is 262 g/mol. The number of anilines is 1. The maximum absolute atomic E-state index is 12.1. The summed E-state index contributed by atoms with van der Waals surface area (Å²) in [6.07, 6.45) is 0. The Balaban J connectivity index is 2.26. The van der Waals surface area contributed by atoms with E-state index in [1.807, 2.05) is 0 Å². The van der Waals surface area contributed by atoms with Gasteiger partial charge in [0.05, 0.1) is 10.7 Å². The summed E-state index contributed by atoms with van der Waals surface area (Å²) in [6.45, 7) is 0. The molecule has 0 unspecified atom stereocenters. The molecule has 0 atom stereocenters. The van der Waals surface area contributed by atoms with Crippen molar-refractivity contribution in [2.45, 2.75) is 0 Å². The van der Waals surface area contributed by atoms with E-state index in [-0.39, 0.29) is 0 Å². The first kappa shape index (κ1) is 13.3. The van der Waals surface area contributed by atoms with Crippen LogP contribution in [0.5, 0.6) is 0 Å². The third-order valence-electron chi connectivity index (χ3n) is 2.75. The average molecular weight is 274 g/mol. The van der Waals surface area contributed by atoms with Gasteiger partial charge in [0, 0.05) is 12.6 Å². The van der Waals surface area contributed by atoms with Gasteiger partial charge in [-0.15, -0.1) is 0 Å². The zero-order valence-electron chi connectivity index (χ0n) is 10.3. The van der Waals surface area contributed by atoms with Gasteiger partial charge in [0.2, 0.25) is 0 Å². The highest BCUT2D eigenvalue weighted by atomic mass is 35.5. The normalized spacial score (nSPS) is 10.0. The highest BCUT2D eigenvalue weighted by Crippen LogP contribution is 2.24. The smallest absolute Gasteiger partial charge is 0.299 e. The number of likely N-dealkylation sites (N-methyl/N-ethyl adjacent to an activating group) is 1. The summed E-state index contributed by atoms with van der Waals surface area (Å²) in [7, 11) is 1.53. The fourth-order valence-corrected chi connectivity index (χ4v) is 1.96. The molecule has 4 heteroatoms. The predicted octanol–water partition coefficient (Wildman–Crippen LogP) is 3.19. The molecule has 2 rings (SSSR count). The zero-order chi connectivity index (χ0) is 13.8. The van der Waals surface area contributed by atoms with Crippen LogP contribution in [0.3, 0.4) is 0 Å². The molecule has 0 aliphatic rings. The van der Waals surface area contributed by atoms with Crippen LogP contribution < -0.4 is 4.90 Å². The van der Waals surface area contributed by atoms with Gasteiger partial charge in [0.25, 0.3) is 11.7 Å². The van der Waals surface area contributed by atoms with Gasteiger partial charge in [0.1, 0.15) is 0 Å². The van der Waals surface area contributed by atoms with Crippen LogP contribution in [0.15, 0.2) is 54.6 Å². The van der Waals surface area contributed by atoms with E-state index < -0.39 is 11.7 Å². The van der Waals surface area contributed by atoms with Crippen molar-refractivity contribution in [3.05, 3.63) is 65.2 Å². The van der Waals surface area contributed by atoms with Crippen LogP contribution in [0, 0.1) is 0 Å². The number of carbonyl (C=O) groups excluding carboxylic acids is 2. The Morgan fingerprint density at radius 1 is 0.947 bits per heavy atom. The number of hydrogen-bond donors (Lipinski definition) is 0. The van der Waals surface area contributed by atoms with Crippen molar-refractivity contribution in [2.24, 2.45) is 0 Å². The Kier molecular flexibility index (Phi) is 3.97. The topological polar surface area (TPSA) is 37.4 Å². The van der Waals surface area contributed by atoms with Crippen molar-refractivity contribution in [3.63, 3.8) is 0 Å². The number of ketones is 1. The van der Waals surface area contributed by atoms with E-state index in [0.717, 1.165) is 0 Å². The average Bonchev–Trinajstić information content (AvgIpc) is 2.46. The molecule has 96 valence electrons. The molecule has 0 aliphatic carbocycles. The van der Waals surface area contributed by atoms with Crippen LogP contribution in [-0.4, -0.2) is 18.7 Å². The van der Waals surface area contributed by atoms with Crippen LogP contribution in [0.1, 0.15) is 10.4 Å². The van der Waals surface area contributed by atoms with Crippen molar-refractivity contribution in [3.8, 4) is 0 Å². The number of nitrogens with zero attached hydrogens (tertiary/aromatic N) is 1. The van der Waals surface area contributed by atoms with Crippen LogP contribution in [-0.2, 0) is 4.79 Å². The Hall–Kier alpha value is -2.13. The second-order valence-electron chi connectivity index (χ2n) is 4.01. The molecule has 0 heterocycles. The fraction of sp³-hybridized carbons (Fsp3) is 0.0667. The molecule has 0 bridgehead atoms. The third kappa shape index (κ3) is 2.83. The maximum Gasteiger partial charge on any atom is 0.299 e. The van der Waals surface area contributed by atoms with Crippen LogP contribution in [0.4, 0.5) is 5.69 Å². The van der Waals surface area contributed by atoms with Crippen molar-refractivity contribution in [1.29, 1.82) is 0 Å². The SMILES string of the molecule is CN(C(=O)C(=O)c1ccccc1)c1ccccc1Cl. The van der Waals surface area contributed by atoms with Crippen molar-refractivity contribution < 1.29 is 9.59 Å². The van der Waals surface area contributed by atoms with Gasteiger partial charge >= 0.3 is 0 Å². The minimum absolute atomic E-state index is 0.367. The van der Waals surface area contributed by atoms with E-state index in [4.69, 9.17) is 11.6 Å². The molecule has 0 aromatic heterocycles. The number of rotatable bonds is 3. The third-order valence-corrected chi connectivity index (χ3v) is 3.07. The minimum atomic E-state index is -0.612. The first-order valence-corrected chi connectivity index (χ1v) is 6.11. The molecular formula is C15H12ClNO2.